The van der Waals surface area contributed by atoms with Gasteiger partial charge in [-0.15, -0.1) is 0 Å². The summed E-state index contributed by atoms with van der Waals surface area (Å²) in [6, 6.07) is 24.0. The van der Waals surface area contributed by atoms with Crippen molar-refractivity contribution < 1.29 is 4.79 Å². The summed E-state index contributed by atoms with van der Waals surface area (Å²) in [5.41, 5.74) is 9.40. The van der Waals surface area contributed by atoms with E-state index in [1.165, 1.54) is 0 Å². The summed E-state index contributed by atoms with van der Waals surface area (Å²) in [6.07, 6.45) is 1.72. The average Bonchev–Trinajstić information content (AvgIpc) is 3.26. The van der Waals surface area contributed by atoms with E-state index in [0.29, 0.717) is 5.56 Å². The summed E-state index contributed by atoms with van der Waals surface area (Å²) in [5.74, 6) is -0.225. The van der Waals surface area contributed by atoms with E-state index < -0.39 is 0 Å². The fraction of sp³-hybridized carbons (Fsp3) is 0. The smallest absolute Gasteiger partial charge is 0.273 e. The summed E-state index contributed by atoms with van der Waals surface area (Å²) in [5, 5.41) is 5.36. The van der Waals surface area contributed by atoms with Crippen LogP contribution in [0.3, 0.4) is 0 Å². The Kier molecular flexibility index (Phi) is 3.22. The third-order valence-corrected chi connectivity index (χ3v) is 4.76. The third kappa shape index (κ3) is 2.16. The van der Waals surface area contributed by atoms with Crippen LogP contribution in [0.25, 0.3) is 22.0 Å². The fourth-order valence-electron chi connectivity index (χ4n) is 3.54. The lowest BCUT2D eigenvalue weighted by Gasteiger charge is -2.03. The SMILES string of the molecule is O=C(NN=C1c2ccccc2-c2ccccc21)c1c[nH]c2ccccc12. The maximum atomic E-state index is 12.7. The minimum Gasteiger partial charge on any atom is -0.360 e. The molecule has 4 nitrogen and oxygen atoms in total. The number of H-pyrrole nitrogens is 1. The van der Waals surface area contributed by atoms with Crippen LogP contribution in [-0.4, -0.2) is 16.6 Å². The normalized spacial score (nSPS) is 11.9. The number of nitrogens with zero attached hydrogens (tertiary/aromatic N) is 1. The molecule has 4 heteroatoms. The van der Waals surface area contributed by atoms with E-state index in [1.807, 2.05) is 60.7 Å². The van der Waals surface area contributed by atoms with Crippen molar-refractivity contribution in [2.75, 3.05) is 0 Å². The van der Waals surface area contributed by atoms with E-state index in [2.05, 4.69) is 27.6 Å². The molecule has 2 N–H and O–H groups in total. The zero-order valence-electron chi connectivity index (χ0n) is 13.9. The first kappa shape index (κ1) is 14.7. The molecular formula is C22H15N3O. The first-order chi connectivity index (χ1) is 12.8. The van der Waals surface area contributed by atoms with Gasteiger partial charge in [-0.2, -0.15) is 5.10 Å². The first-order valence-corrected chi connectivity index (χ1v) is 8.46. The molecule has 124 valence electrons. The number of amides is 1. The minimum absolute atomic E-state index is 0.225. The van der Waals surface area contributed by atoms with Gasteiger partial charge in [0.1, 0.15) is 0 Å². The molecule has 1 aliphatic carbocycles. The molecular weight excluding hydrogens is 322 g/mol. The molecule has 1 aliphatic rings. The second-order valence-electron chi connectivity index (χ2n) is 6.24. The number of hydrogen-bond acceptors (Lipinski definition) is 2. The molecule has 1 amide bonds. The Labute approximate surface area is 150 Å². The van der Waals surface area contributed by atoms with Gasteiger partial charge in [0.25, 0.3) is 5.91 Å². The lowest BCUT2D eigenvalue weighted by atomic mass is 10.1. The summed E-state index contributed by atoms with van der Waals surface area (Å²) in [4.78, 5) is 15.8. The van der Waals surface area contributed by atoms with Gasteiger partial charge in [-0.25, -0.2) is 5.43 Å². The molecule has 4 aromatic rings. The Morgan fingerprint density at radius 3 is 2.04 bits per heavy atom. The molecule has 26 heavy (non-hydrogen) atoms. The van der Waals surface area contributed by atoms with Gasteiger partial charge in [0.15, 0.2) is 0 Å². The van der Waals surface area contributed by atoms with Crippen LogP contribution in [0.1, 0.15) is 21.5 Å². The molecule has 0 bridgehead atoms. The highest BCUT2D eigenvalue weighted by Gasteiger charge is 2.24. The van der Waals surface area contributed by atoms with Crippen LogP contribution >= 0.6 is 0 Å². The van der Waals surface area contributed by atoms with Crippen molar-refractivity contribution >= 4 is 22.5 Å². The predicted octanol–water partition coefficient (Wildman–Crippen LogP) is 4.33. The molecule has 0 aliphatic heterocycles. The lowest BCUT2D eigenvalue weighted by molar-refractivity contribution is 0.0956. The molecule has 1 aromatic heterocycles. The second-order valence-corrected chi connectivity index (χ2v) is 6.24. The van der Waals surface area contributed by atoms with Crippen LogP contribution in [0.2, 0.25) is 0 Å². The molecule has 0 radical (unpaired) electrons. The van der Waals surface area contributed by atoms with E-state index in [1.54, 1.807) is 6.20 Å². The molecule has 0 fully saturated rings. The number of nitrogens with one attached hydrogen (secondary N) is 2. The van der Waals surface area contributed by atoms with E-state index in [0.717, 1.165) is 38.9 Å². The highest BCUT2D eigenvalue weighted by molar-refractivity contribution is 6.24. The van der Waals surface area contributed by atoms with Gasteiger partial charge in [-0.1, -0.05) is 66.7 Å². The molecule has 0 saturated carbocycles. The van der Waals surface area contributed by atoms with Crippen LogP contribution in [0.4, 0.5) is 0 Å². The maximum Gasteiger partial charge on any atom is 0.273 e. The molecule has 3 aromatic carbocycles. The number of rotatable bonds is 2. The molecule has 0 saturated heterocycles. The summed E-state index contributed by atoms with van der Waals surface area (Å²) in [6.45, 7) is 0. The number of benzene rings is 3. The Morgan fingerprint density at radius 1 is 0.769 bits per heavy atom. The van der Waals surface area contributed by atoms with Gasteiger partial charge in [-0.05, 0) is 17.2 Å². The van der Waals surface area contributed by atoms with E-state index in [-0.39, 0.29) is 5.91 Å². The minimum atomic E-state index is -0.225. The number of fused-ring (bicyclic) bond motifs is 4. The number of hydrazone groups is 1. The zero-order valence-corrected chi connectivity index (χ0v) is 13.9. The van der Waals surface area contributed by atoms with Crippen LogP contribution in [0, 0.1) is 0 Å². The van der Waals surface area contributed by atoms with Crippen molar-refractivity contribution in [2.24, 2.45) is 5.10 Å². The average molecular weight is 337 g/mol. The van der Waals surface area contributed by atoms with E-state index >= 15 is 0 Å². The Hall–Kier alpha value is -3.66. The van der Waals surface area contributed by atoms with Crippen molar-refractivity contribution in [2.45, 2.75) is 0 Å². The van der Waals surface area contributed by atoms with Crippen molar-refractivity contribution in [1.29, 1.82) is 0 Å². The van der Waals surface area contributed by atoms with Crippen molar-refractivity contribution in [1.82, 2.24) is 10.4 Å². The maximum absolute atomic E-state index is 12.7. The summed E-state index contributed by atoms with van der Waals surface area (Å²) < 4.78 is 0. The van der Waals surface area contributed by atoms with Crippen LogP contribution in [-0.2, 0) is 0 Å². The van der Waals surface area contributed by atoms with Crippen LogP contribution < -0.4 is 5.43 Å². The van der Waals surface area contributed by atoms with Crippen LogP contribution in [0.5, 0.6) is 0 Å². The number of aromatic amines is 1. The summed E-state index contributed by atoms with van der Waals surface area (Å²) >= 11 is 0. The number of aromatic nitrogens is 1. The topological polar surface area (TPSA) is 57.2 Å². The second kappa shape index (κ2) is 5.70. The van der Waals surface area contributed by atoms with Gasteiger partial charge >= 0.3 is 0 Å². The quantitative estimate of drug-likeness (QED) is 0.463. The molecule has 0 spiro atoms. The van der Waals surface area contributed by atoms with E-state index in [9.17, 15) is 4.79 Å². The first-order valence-electron chi connectivity index (χ1n) is 8.46. The van der Waals surface area contributed by atoms with Gasteiger partial charge < -0.3 is 4.98 Å². The number of hydrogen-bond donors (Lipinski definition) is 2. The van der Waals surface area contributed by atoms with Gasteiger partial charge in [0, 0.05) is 28.2 Å². The van der Waals surface area contributed by atoms with Gasteiger partial charge in [-0.3, -0.25) is 4.79 Å². The Morgan fingerprint density at radius 2 is 1.35 bits per heavy atom. The standard InChI is InChI=1S/C22H15N3O/c26-22(19-13-23-20-12-6-5-9-16(19)20)25-24-21-17-10-3-1-7-14(17)15-8-2-4-11-18(15)21/h1-13,23H,(H,25,26). The van der Waals surface area contributed by atoms with Crippen molar-refractivity contribution in [3.05, 3.63) is 95.7 Å². The third-order valence-electron chi connectivity index (χ3n) is 4.76. The van der Waals surface area contributed by atoms with Gasteiger partial charge in [0.2, 0.25) is 0 Å². The zero-order chi connectivity index (χ0) is 17.5. The molecule has 0 unspecified atom stereocenters. The lowest BCUT2D eigenvalue weighted by Crippen LogP contribution is -2.19. The fourth-order valence-corrected chi connectivity index (χ4v) is 3.54. The highest BCUT2D eigenvalue weighted by atomic mass is 16.2. The molecule has 5 rings (SSSR count). The van der Waals surface area contributed by atoms with Crippen LogP contribution in [0.15, 0.2) is 84.1 Å². The number of para-hydroxylation sites is 1. The van der Waals surface area contributed by atoms with E-state index in [4.69, 9.17) is 0 Å². The number of carbonyl (C=O) groups is 1. The van der Waals surface area contributed by atoms with Gasteiger partial charge in [0.05, 0.1) is 11.3 Å². The molecule has 0 atom stereocenters. The van der Waals surface area contributed by atoms with Crippen molar-refractivity contribution in [3.63, 3.8) is 0 Å². The van der Waals surface area contributed by atoms with Crippen molar-refractivity contribution in [3.8, 4) is 11.1 Å². The Balaban J connectivity index is 1.54. The Bertz CT molecular complexity index is 1140. The highest BCUT2D eigenvalue weighted by Crippen LogP contribution is 2.36. The monoisotopic (exact) mass is 337 g/mol. The molecule has 1 heterocycles. The number of carbonyl (C=O) groups excluding carboxylic acids is 1. The largest absolute Gasteiger partial charge is 0.360 e. The summed E-state index contributed by atoms with van der Waals surface area (Å²) in [7, 11) is 0. The predicted molar refractivity (Wildman–Crippen MR) is 103 cm³/mol.